The van der Waals surface area contributed by atoms with Crippen LogP contribution in [0.1, 0.15) is 39.2 Å². The molecule has 9 heteroatoms. The first-order valence-electron chi connectivity index (χ1n) is 10.3. The second-order valence-corrected chi connectivity index (χ2v) is 11.0. The molecule has 0 fully saturated rings. The van der Waals surface area contributed by atoms with Gasteiger partial charge in [-0.15, -0.1) is 11.3 Å². The van der Waals surface area contributed by atoms with Gasteiger partial charge in [-0.2, -0.15) is 4.72 Å². The van der Waals surface area contributed by atoms with Gasteiger partial charge in [0.15, 0.2) is 0 Å². The van der Waals surface area contributed by atoms with Crippen molar-refractivity contribution in [2.24, 2.45) is 0 Å². The molecule has 1 atom stereocenters. The zero-order valence-electron chi connectivity index (χ0n) is 17.8. The predicted octanol–water partition coefficient (Wildman–Crippen LogP) is 2.82. The van der Waals surface area contributed by atoms with E-state index < -0.39 is 22.0 Å². The number of aromatic nitrogens is 1. The molecule has 1 aliphatic carbocycles. The third kappa shape index (κ3) is 5.42. The highest BCUT2D eigenvalue weighted by molar-refractivity contribution is 7.91. The molecular weight excluding hydrogens is 460 g/mol. The molecule has 0 bridgehead atoms. The van der Waals surface area contributed by atoms with Crippen molar-refractivity contribution in [1.29, 1.82) is 0 Å². The number of sulfonamides is 1. The number of aromatic amines is 1. The van der Waals surface area contributed by atoms with Crippen molar-refractivity contribution in [3.63, 3.8) is 0 Å². The number of carboxylic acid groups (broad SMARTS) is 1. The van der Waals surface area contributed by atoms with E-state index in [1.54, 1.807) is 12.3 Å². The number of carboxylic acids is 1. The van der Waals surface area contributed by atoms with Crippen molar-refractivity contribution in [3.8, 4) is 11.8 Å². The molecule has 4 rings (SSSR count). The van der Waals surface area contributed by atoms with Crippen LogP contribution in [-0.4, -0.2) is 36.3 Å². The van der Waals surface area contributed by atoms with Gasteiger partial charge in [-0.25, -0.2) is 8.42 Å². The highest BCUT2D eigenvalue weighted by Crippen LogP contribution is 2.25. The van der Waals surface area contributed by atoms with Crippen LogP contribution in [0.2, 0.25) is 0 Å². The largest absolute Gasteiger partial charge is 0.480 e. The van der Waals surface area contributed by atoms with Crippen molar-refractivity contribution in [3.05, 3.63) is 75.4 Å². The van der Waals surface area contributed by atoms with Gasteiger partial charge < -0.3 is 10.1 Å². The second-order valence-electron chi connectivity index (χ2n) is 7.94. The van der Waals surface area contributed by atoms with Crippen LogP contribution in [0.4, 0.5) is 0 Å². The quantitative estimate of drug-likeness (QED) is 0.467. The minimum Gasteiger partial charge on any atom is -0.480 e. The SMILES string of the molecule is Cc1ccc(C#Cc2ccc(S(=O)(=O)NC(Cc3c[nH]c4c3CC(=O)CC4)C(=O)O)s2)cc1. The molecule has 3 aromatic rings. The molecule has 1 aromatic carbocycles. The minimum atomic E-state index is -4.06. The van der Waals surface area contributed by atoms with Crippen LogP contribution < -0.4 is 4.72 Å². The van der Waals surface area contributed by atoms with E-state index in [2.05, 4.69) is 21.5 Å². The summed E-state index contributed by atoms with van der Waals surface area (Å²) < 4.78 is 28.0. The number of carbonyl (C=O) groups is 2. The Balaban J connectivity index is 1.50. The topological polar surface area (TPSA) is 116 Å². The van der Waals surface area contributed by atoms with Gasteiger partial charge >= 0.3 is 5.97 Å². The maximum atomic E-state index is 12.9. The van der Waals surface area contributed by atoms with E-state index in [-0.39, 0.29) is 22.8 Å². The van der Waals surface area contributed by atoms with Gasteiger partial charge in [-0.3, -0.25) is 9.59 Å². The minimum absolute atomic E-state index is 0.00627. The number of ketones is 1. The third-order valence-electron chi connectivity index (χ3n) is 5.45. The van der Waals surface area contributed by atoms with Crippen LogP contribution in [0.3, 0.4) is 0 Å². The number of H-pyrrole nitrogens is 1. The first-order valence-corrected chi connectivity index (χ1v) is 12.6. The number of thiophene rings is 1. The van der Waals surface area contributed by atoms with Gasteiger partial charge in [-0.1, -0.05) is 29.5 Å². The van der Waals surface area contributed by atoms with Crippen LogP contribution in [-0.2, 0) is 38.9 Å². The van der Waals surface area contributed by atoms with Crippen LogP contribution >= 0.6 is 11.3 Å². The van der Waals surface area contributed by atoms with E-state index in [1.165, 1.54) is 6.07 Å². The van der Waals surface area contributed by atoms with E-state index in [1.807, 2.05) is 31.2 Å². The number of hydrogen-bond donors (Lipinski definition) is 3. The number of benzene rings is 1. The molecule has 0 amide bonds. The summed E-state index contributed by atoms with van der Waals surface area (Å²) in [5, 5.41) is 9.65. The number of hydrogen-bond acceptors (Lipinski definition) is 5. The molecule has 0 saturated carbocycles. The van der Waals surface area contributed by atoms with Crippen LogP contribution in [0.25, 0.3) is 0 Å². The maximum absolute atomic E-state index is 12.9. The zero-order valence-corrected chi connectivity index (χ0v) is 19.5. The van der Waals surface area contributed by atoms with Crippen molar-refractivity contribution in [1.82, 2.24) is 9.71 Å². The van der Waals surface area contributed by atoms with E-state index in [0.717, 1.165) is 33.7 Å². The van der Waals surface area contributed by atoms with Crippen LogP contribution in [0, 0.1) is 18.8 Å². The van der Waals surface area contributed by atoms with Gasteiger partial charge in [0.2, 0.25) is 0 Å². The molecular formula is C24H22N2O5S2. The molecule has 2 aromatic heterocycles. The molecule has 7 nitrogen and oxygen atoms in total. The van der Waals surface area contributed by atoms with Gasteiger partial charge in [0.25, 0.3) is 10.0 Å². The Hall–Kier alpha value is -3.19. The molecule has 0 radical (unpaired) electrons. The first kappa shape index (κ1) is 23.0. The molecule has 0 saturated heterocycles. The Morgan fingerprint density at radius 2 is 1.94 bits per heavy atom. The van der Waals surface area contributed by atoms with Gasteiger partial charge in [0, 0.05) is 36.7 Å². The van der Waals surface area contributed by atoms with Crippen LogP contribution in [0.15, 0.2) is 46.8 Å². The Labute approximate surface area is 195 Å². The summed E-state index contributed by atoms with van der Waals surface area (Å²) in [6.45, 7) is 1.98. The first-order chi connectivity index (χ1) is 15.7. The normalized spacial score (nSPS) is 14.3. The van der Waals surface area contributed by atoms with Crippen molar-refractivity contribution in [2.75, 3.05) is 0 Å². The molecule has 1 unspecified atom stereocenters. The van der Waals surface area contributed by atoms with E-state index in [0.29, 0.717) is 23.3 Å². The Morgan fingerprint density at radius 3 is 2.67 bits per heavy atom. The summed E-state index contributed by atoms with van der Waals surface area (Å²) in [5.74, 6) is 4.75. The van der Waals surface area contributed by atoms with E-state index in [9.17, 15) is 23.1 Å². The zero-order chi connectivity index (χ0) is 23.6. The number of aliphatic carboxylic acids is 1. The summed E-state index contributed by atoms with van der Waals surface area (Å²) in [7, 11) is -4.06. The summed E-state index contributed by atoms with van der Waals surface area (Å²) in [5.41, 5.74) is 4.27. The second kappa shape index (κ2) is 9.35. The summed E-state index contributed by atoms with van der Waals surface area (Å²) >= 11 is 0.979. The van der Waals surface area contributed by atoms with Crippen molar-refractivity contribution >= 4 is 33.1 Å². The smallest absolute Gasteiger partial charge is 0.322 e. The summed E-state index contributed by atoms with van der Waals surface area (Å²) in [6.07, 6.45) is 2.88. The lowest BCUT2D eigenvalue weighted by molar-refractivity contribution is -0.138. The molecule has 0 spiro atoms. The fraction of sp³-hybridized carbons (Fsp3) is 0.250. The lowest BCUT2D eigenvalue weighted by atomic mass is 9.92. The molecule has 170 valence electrons. The number of carbonyl (C=O) groups excluding carboxylic acids is 1. The monoisotopic (exact) mass is 482 g/mol. The Bertz CT molecular complexity index is 1370. The lowest BCUT2D eigenvalue weighted by Crippen LogP contribution is -2.42. The van der Waals surface area contributed by atoms with E-state index in [4.69, 9.17) is 0 Å². The molecule has 1 aliphatic rings. The number of rotatable bonds is 6. The number of fused-ring (bicyclic) bond motifs is 1. The molecule has 2 heterocycles. The lowest BCUT2D eigenvalue weighted by Gasteiger charge is -2.16. The van der Waals surface area contributed by atoms with Crippen LogP contribution in [0.5, 0.6) is 0 Å². The third-order valence-corrected chi connectivity index (χ3v) is 8.41. The summed E-state index contributed by atoms with van der Waals surface area (Å²) in [4.78, 5) is 27.3. The van der Waals surface area contributed by atoms with Gasteiger partial charge in [0.05, 0.1) is 4.88 Å². The Kier molecular flexibility index (Phi) is 6.51. The standard InChI is InChI=1S/C24H22N2O5S2/c1-15-2-4-16(5-3-15)6-8-19-9-11-23(32-19)33(30,31)26-22(24(28)29)12-17-14-25-21-10-7-18(27)13-20(17)21/h2-5,9,11,14,22,25-26H,7,10,12-13H2,1H3,(H,28,29). The maximum Gasteiger partial charge on any atom is 0.322 e. The number of aryl methyl sites for hydroxylation is 2. The highest BCUT2D eigenvalue weighted by atomic mass is 32.2. The van der Waals surface area contributed by atoms with Gasteiger partial charge in [-0.05, 0) is 48.7 Å². The molecule has 3 N–H and O–H groups in total. The fourth-order valence-electron chi connectivity index (χ4n) is 3.66. The highest BCUT2D eigenvalue weighted by Gasteiger charge is 2.29. The van der Waals surface area contributed by atoms with E-state index >= 15 is 0 Å². The molecule has 0 aliphatic heterocycles. The number of nitrogens with one attached hydrogen (secondary N) is 2. The average molecular weight is 483 g/mol. The van der Waals surface area contributed by atoms with Crippen molar-refractivity contribution < 1.29 is 23.1 Å². The Morgan fingerprint density at radius 1 is 1.18 bits per heavy atom. The molecule has 33 heavy (non-hydrogen) atoms. The number of Topliss-reactive ketones (excluding diaryl/α,β-unsaturated/α-hetero) is 1. The predicted molar refractivity (Wildman–Crippen MR) is 125 cm³/mol. The summed E-state index contributed by atoms with van der Waals surface area (Å²) in [6, 6.07) is 9.33. The van der Waals surface area contributed by atoms with Crippen molar-refractivity contribution in [2.45, 2.75) is 42.9 Å². The average Bonchev–Trinajstić information content (AvgIpc) is 3.40. The van der Waals surface area contributed by atoms with Gasteiger partial charge in [0.1, 0.15) is 16.0 Å². The fourth-order valence-corrected chi connectivity index (χ4v) is 6.03.